The summed E-state index contributed by atoms with van der Waals surface area (Å²) in [6.45, 7) is 5.84. The second kappa shape index (κ2) is 8.76. The Morgan fingerprint density at radius 1 is 1.32 bits per heavy atom. The lowest BCUT2D eigenvalue weighted by molar-refractivity contribution is -0.140. The fraction of sp³-hybridized carbons (Fsp3) is 0.588. The number of para-hydroxylation sites is 1. The number of hydrogen-bond donors (Lipinski definition) is 2. The van der Waals surface area contributed by atoms with E-state index in [0.29, 0.717) is 6.54 Å². The van der Waals surface area contributed by atoms with Gasteiger partial charge in [-0.2, -0.15) is 13.2 Å². The minimum atomic E-state index is -4.52. The second-order valence-electron chi connectivity index (χ2n) is 6.53. The minimum Gasteiger partial charge on any atom is -0.480 e. The number of carbonyl (C=O) groups is 1. The van der Waals surface area contributed by atoms with Crippen LogP contribution in [-0.2, 0) is 11.0 Å². The van der Waals surface area contributed by atoms with Crippen molar-refractivity contribution in [3.63, 3.8) is 0 Å². The maximum absolute atomic E-state index is 13.0. The van der Waals surface area contributed by atoms with Crippen molar-refractivity contribution in [2.75, 3.05) is 19.6 Å². The van der Waals surface area contributed by atoms with Gasteiger partial charge in [-0.15, -0.1) is 12.4 Å². The zero-order chi connectivity index (χ0) is 17.8. The quantitative estimate of drug-likeness (QED) is 0.823. The van der Waals surface area contributed by atoms with E-state index in [-0.39, 0.29) is 23.6 Å². The fourth-order valence-electron chi connectivity index (χ4n) is 2.70. The molecular formula is C17H24ClF3N2O2. The van der Waals surface area contributed by atoms with E-state index in [9.17, 15) is 18.0 Å². The molecule has 0 aliphatic carbocycles. The smallest absolute Gasteiger partial charge is 0.419 e. The highest BCUT2D eigenvalue weighted by Crippen LogP contribution is 2.36. The van der Waals surface area contributed by atoms with Crippen molar-refractivity contribution in [3.8, 4) is 5.75 Å². The van der Waals surface area contributed by atoms with Crippen LogP contribution in [0, 0.1) is 5.41 Å². The monoisotopic (exact) mass is 380 g/mol. The first-order valence-electron chi connectivity index (χ1n) is 8.03. The van der Waals surface area contributed by atoms with E-state index >= 15 is 0 Å². The Labute approximate surface area is 151 Å². The molecule has 1 atom stereocenters. The van der Waals surface area contributed by atoms with Crippen molar-refractivity contribution >= 4 is 18.3 Å². The van der Waals surface area contributed by atoms with Crippen LogP contribution in [0.1, 0.15) is 32.3 Å². The van der Waals surface area contributed by atoms with Gasteiger partial charge in [-0.1, -0.05) is 19.1 Å². The van der Waals surface area contributed by atoms with Gasteiger partial charge in [0.05, 0.1) is 5.56 Å². The van der Waals surface area contributed by atoms with Crippen LogP contribution in [0.15, 0.2) is 24.3 Å². The zero-order valence-corrected chi connectivity index (χ0v) is 15.1. The lowest BCUT2D eigenvalue weighted by Crippen LogP contribution is -2.46. The second-order valence-corrected chi connectivity index (χ2v) is 6.53. The molecule has 2 N–H and O–H groups in total. The third-order valence-corrected chi connectivity index (χ3v) is 4.37. The van der Waals surface area contributed by atoms with Gasteiger partial charge in [0.15, 0.2) is 6.10 Å². The summed E-state index contributed by atoms with van der Waals surface area (Å²) in [7, 11) is 0. The number of piperidine rings is 1. The normalized spacial score (nSPS) is 18.0. The number of hydrogen-bond acceptors (Lipinski definition) is 3. The van der Waals surface area contributed by atoms with Crippen LogP contribution in [-0.4, -0.2) is 31.6 Å². The average Bonchev–Trinajstić information content (AvgIpc) is 2.53. The molecule has 25 heavy (non-hydrogen) atoms. The molecule has 1 amide bonds. The maximum Gasteiger partial charge on any atom is 0.419 e. The number of amides is 1. The Balaban J connectivity index is 0.00000312. The van der Waals surface area contributed by atoms with Crippen LogP contribution in [0.25, 0.3) is 0 Å². The SMILES string of the molecule is CC(Oc1ccccc1C(F)(F)F)C(=O)NCC1(C)CCNCC1.Cl. The first kappa shape index (κ1) is 21.6. The predicted octanol–water partition coefficient (Wildman–Crippen LogP) is 3.40. The molecule has 1 heterocycles. The Hall–Kier alpha value is -1.47. The van der Waals surface area contributed by atoms with E-state index in [1.54, 1.807) is 0 Å². The van der Waals surface area contributed by atoms with Crippen molar-refractivity contribution in [1.29, 1.82) is 0 Å². The first-order chi connectivity index (χ1) is 11.2. The van der Waals surface area contributed by atoms with Gasteiger partial charge in [-0.05, 0) is 50.4 Å². The van der Waals surface area contributed by atoms with Gasteiger partial charge in [0, 0.05) is 6.54 Å². The van der Waals surface area contributed by atoms with Crippen LogP contribution in [0.2, 0.25) is 0 Å². The van der Waals surface area contributed by atoms with Crippen LogP contribution >= 0.6 is 12.4 Å². The van der Waals surface area contributed by atoms with Crippen molar-refractivity contribution in [2.45, 2.75) is 39.0 Å². The van der Waals surface area contributed by atoms with Crippen LogP contribution in [0.3, 0.4) is 0 Å². The Bertz CT molecular complexity index is 575. The van der Waals surface area contributed by atoms with Crippen molar-refractivity contribution in [1.82, 2.24) is 10.6 Å². The maximum atomic E-state index is 13.0. The summed E-state index contributed by atoms with van der Waals surface area (Å²) in [6.07, 6.45) is -3.63. The minimum absolute atomic E-state index is 0. The number of ether oxygens (including phenoxy) is 1. The Kier molecular flexibility index (Phi) is 7.56. The van der Waals surface area contributed by atoms with Gasteiger partial charge in [0.2, 0.25) is 0 Å². The summed E-state index contributed by atoms with van der Waals surface area (Å²) in [5.74, 6) is -0.743. The van der Waals surface area contributed by atoms with Crippen LogP contribution in [0.4, 0.5) is 13.2 Å². The number of halogens is 4. The highest BCUT2D eigenvalue weighted by atomic mass is 35.5. The van der Waals surface area contributed by atoms with E-state index in [2.05, 4.69) is 17.6 Å². The van der Waals surface area contributed by atoms with Crippen molar-refractivity contribution in [2.24, 2.45) is 5.41 Å². The molecule has 1 saturated heterocycles. The predicted molar refractivity (Wildman–Crippen MR) is 92.0 cm³/mol. The third-order valence-electron chi connectivity index (χ3n) is 4.37. The van der Waals surface area contributed by atoms with E-state index in [1.807, 2.05) is 0 Å². The summed E-state index contributed by atoms with van der Waals surface area (Å²) < 4.78 is 44.1. The van der Waals surface area contributed by atoms with Gasteiger partial charge >= 0.3 is 6.18 Å². The Morgan fingerprint density at radius 2 is 1.92 bits per heavy atom. The molecule has 1 aromatic rings. The summed E-state index contributed by atoms with van der Waals surface area (Å²) in [4.78, 5) is 12.2. The van der Waals surface area contributed by atoms with E-state index in [1.165, 1.54) is 25.1 Å². The molecule has 0 saturated carbocycles. The lowest BCUT2D eigenvalue weighted by atomic mass is 9.81. The van der Waals surface area contributed by atoms with Gasteiger partial charge in [0.25, 0.3) is 5.91 Å². The molecule has 1 fully saturated rings. The average molecular weight is 381 g/mol. The van der Waals surface area contributed by atoms with Crippen LogP contribution in [0.5, 0.6) is 5.75 Å². The standard InChI is InChI=1S/C17H23F3N2O2.ClH/c1-12(15(23)22-11-16(2)7-9-21-10-8-16)24-14-6-4-3-5-13(14)17(18,19)20;/h3-6,12,21H,7-11H2,1-2H3,(H,22,23);1H. The molecule has 1 aliphatic heterocycles. The summed E-state index contributed by atoms with van der Waals surface area (Å²) in [6, 6.07) is 4.90. The number of alkyl halides is 3. The highest BCUT2D eigenvalue weighted by molar-refractivity contribution is 5.85. The van der Waals surface area contributed by atoms with Crippen molar-refractivity contribution < 1.29 is 22.7 Å². The number of nitrogens with one attached hydrogen (secondary N) is 2. The molecule has 142 valence electrons. The molecule has 0 radical (unpaired) electrons. The summed E-state index contributed by atoms with van der Waals surface area (Å²) in [5, 5.41) is 6.06. The molecule has 1 unspecified atom stereocenters. The van der Waals surface area contributed by atoms with Gasteiger partial charge in [0.1, 0.15) is 5.75 Å². The number of carbonyl (C=O) groups excluding carboxylic acids is 1. The molecule has 0 spiro atoms. The van der Waals surface area contributed by atoms with Crippen molar-refractivity contribution in [3.05, 3.63) is 29.8 Å². The van der Waals surface area contributed by atoms with Crippen LogP contribution < -0.4 is 15.4 Å². The Morgan fingerprint density at radius 3 is 2.52 bits per heavy atom. The highest BCUT2D eigenvalue weighted by Gasteiger charge is 2.35. The molecule has 1 aromatic carbocycles. The third kappa shape index (κ3) is 6.08. The summed E-state index contributed by atoms with van der Waals surface area (Å²) >= 11 is 0. The number of benzene rings is 1. The zero-order valence-electron chi connectivity index (χ0n) is 14.3. The summed E-state index contributed by atoms with van der Waals surface area (Å²) in [5.41, 5.74) is -0.875. The van der Waals surface area contributed by atoms with Gasteiger partial charge in [-0.3, -0.25) is 4.79 Å². The molecule has 1 aliphatic rings. The molecule has 4 nitrogen and oxygen atoms in total. The molecule has 0 aromatic heterocycles. The van der Waals surface area contributed by atoms with E-state index in [4.69, 9.17) is 4.74 Å². The van der Waals surface area contributed by atoms with E-state index < -0.39 is 23.8 Å². The lowest BCUT2D eigenvalue weighted by Gasteiger charge is -2.34. The van der Waals surface area contributed by atoms with E-state index in [0.717, 1.165) is 32.0 Å². The first-order valence-corrected chi connectivity index (χ1v) is 8.03. The van der Waals surface area contributed by atoms with Gasteiger partial charge in [-0.25, -0.2) is 0 Å². The van der Waals surface area contributed by atoms with Gasteiger partial charge < -0.3 is 15.4 Å². The molecular weight excluding hydrogens is 357 g/mol. The topological polar surface area (TPSA) is 50.4 Å². The largest absolute Gasteiger partial charge is 0.480 e. The molecule has 8 heteroatoms. The molecule has 2 rings (SSSR count). The number of rotatable bonds is 5. The fourth-order valence-corrected chi connectivity index (χ4v) is 2.70. The molecule has 0 bridgehead atoms.